The van der Waals surface area contributed by atoms with Crippen molar-refractivity contribution in [1.29, 1.82) is 0 Å². The highest BCUT2D eigenvalue weighted by atomic mass is 16.5. The summed E-state index contributed by atoms with van der Waals surface area (Å²) in [4.78, 5) is 11.9. The van der Waals surface area contributed by atoms with Crippen molar-refractivity contribution in [1.82, 2.24) is 5.32 Å². The number of aliphatic hydroxyl groups excluding tert-OH is 1. The smallest absolute Gasteiger partial charge is 0.260 e. The molecule has 1 amide bonds. The molecule has 4 N–H and O–H groups in total. The van der Waals surface area contributed by atoms with Gasteiger partial charge in [0.2, 0.25) is 0 Å². The van der Waals surface area contributed by atoms with Crippen LogP contribution in [0.3, 0.4) is 0 Å². The number of carbonyl (C=O) groups is 1. The zero-order chi connectivity index (χ0) is 20.1. The Bertz CT molecular complexity index is 681. The van der Waals surface area contributed by atoms with Crippen LogP contribution >= 0.6 is 0 Å². The van der Waals surface area contributed by atoms with E-state index in [9.17, 15) is 4.79 Å². The molecule has 0 saturated carbocycles. The van der Waals surface area contributed by atoms with Crippen LogP contribution in [0.25, 0.3) is 0 Å². The van der Waals surface area contributed by atoms with Gasteiger partial charge in [-0.3, -0.25) is 4.79 Å². The van der Waals surface area contributed by atoms with Crippen LogP contribution in [-0.2, 0) is 4.79 Å². The summed E-state index contributed by atoms with van der Waals surface area (Å²) in [5.41, 5.74) is 6.44. The van der Waals surface area contributed by atoms with Gasteiger partial charge in [-0.25, -0.2) is 0 Å². The SMILES string of the molecule is CC(Oc1ccccc1OC1=CCC=C(N)C=C1)C(=O)NCCO.CCC. The highest BCUT2D eigenvalue weighted by Crippen LogP contribution is 2.29. The molecule has 0 aliphatic heterocycles. The van der Waals surface area contributed by atoms with Crippen molar-refractivity contribution in [3.8, 4) is 11.5 Å². The molecule has 0 saturated heterocycles. The predicted octanol–water partition coefficient (Wildman–Crippen LogP) is 3.04. The molecule has 1 aliphatic carbocycles. The van der Waals surface area contributed by atoms with Crippen LogP contribution in [-0.4, -0.2) is 30.3 Å². The molecular formula is C21H30N2O4. The monoisotopic (exact) mass is 374 g/mol. The Morgan fingerprint density at radius 2 is 1.89 bits per heavy atom. The molecule has 1 aromatic rings. The Morgan fingerprint density at radius 3 is 2.56 bits per heavy atom. The molecule has 6 nitrogen and oxygen atoms in total. The Balaban J connectivity index is 0.00000114. The molecule has 1 aromatic carbocycles. The largest absolute Gasteiger partial charge is 0.477 e. The minimum Gasteiger partial charge on any atom is -0.477 e. The second kappa shape index (κ2) is 12.6. The van der Waals surface area contributed by atoms with Gasteiger partial charge in [0.15, 0.2) is 17.6 Å². The van der Waals surface area contributed by atoms with Gasteiger partial charge in [-0.15, -0.1) is 0 Å². The van der Waals surface area contributed by atoms with Crippen molar-refractivity contribution < 1.29 is 19.4 Å². The number of benzene rings is 1. The number of para-hydroxylation sites is 2. The lowest BCUT2D eigenvalue weighted by Gasteiger charge is -2.17. The van der Waals surface area contributed by atoms with Gasteiger partial charge in [-0.2, -0.15) is 0 Å². The molecule has 0 radical (unpaired) electrons. The molecule has 148 valence electrons. The zero-order valence-corrected chi connectivity index (χ0v) is 16.3. The Labute approximate surface area is 161 Å². The van der Waals surface area contributed by atoms with Gasteiger partial charge in [0.05, 0.1) is 6.61 Å². The second-order valence-corrected chi connectivity index (χ2v) is 5.91. The maximum atomic E-state index is 11.9. The first kappa shape index (κ1) is 22.3. The molecule has 2 rings (SSSR count). The number of rotatable bonds is 7. The first-order chi connectivity index (χ1) is 13.0. The Morgan fingerprint density at radius 1 is 1.22 bits per heavy atom. The molecule has 0 aromatic heterocycles. The summed E-state index contributed by atoms with van der Waals surface area (Å²) in [5.74, 6) is 1.32. The molecule has 27 heavy (non-hydrogen) atoms. The van der Waals surface area contributed by atoms with Crippen LogP contribution in [0.4, 0.5) is 0 Å². The van der Waals surface area contributed by atoms with Crippen LogP contribution in [0, 0.1) is 0 Å². The maximum Gasteiger partial charge on any atom is 0.260 e. The van der Waals surface area contributed by atoms with Gasteiger partial charge in [-0.1, -0.05) is 38.5 Å². The second-order valence-electron chi connectivity index (χ2n) is 5.91. The predicted molar refractivity (Wildman–Crippen MR) is 107 cm³/mol. The van der Waals surface area contributed by atoms with E-state index in [-0.39, 0.29) is 19.1 Å². The van der Waals surface area contributed by atoms with E-state index < -0.39 is 6.10 Å². The Hall–Kier alpha value is -2.73. The lowest BCUT2D eigenvalue weighted by atomic mass is 10.3. The molecule has 0 bridgehead atoms. The lowest BCUT2D eigenvalue weighted by molar-refractivity contribution is -0.127. The van der Waals surface area contributed by atoms with Crippen LogP contribution in [0.15, 0.2) is 60.0 Å². The van der Waals surface area contributed by atoms with Crippen molar-refractivity contribution in [2.24, 2.45) is 5.73 Å². The molecule has 0 spiro atoms. The van der Waals surface area contributed by atoms with Crippen LogP contribution in [0.2, 0.25) is 0 Å². The van der Waals surface area contributed by atoms with Crippen LogP contribution in [0.5, 0.6) is 11.5 Å². The van der Waals surface area contributed by atoms with Gasteiger partial charge < -0.3 is 25.6 Å². The molecular weight excluding hydrogens is 344 g/mol. The number of carbonyl (C=O) groups excluding carboxylic acids is 1. The van der Waals surface area contributed by atoms with Crippen molar-refractivity contribution >= 4 is 5.91 Å². The van der Waals surface area contributed by atoms with E-state index in [0.717, 1.165) is 0 Å². The van der Waals surface area contributed by atoms with Crippen LogP contribution in [0.1, 0.15) is 33.6 Å². The van der Waals surface area contributed by atoms with E-state index in [1.165, 1.54) is 6.42 Å². The number of amides is 1. The number of hydrogen-bond donors (Lipinski definition) is 3. The van der Waals surface area contributed by atoms with E-state index in [2.05, 4.69) is 19.2 Å². The van der Waals surface area contributed by atoms with Gasteiger partial charge in [-0.05, 0) is 43.7 Å². The number of nitrogens with two attached hydrogens (primary N) is 1. The third-order valence-electron chi connectivity index (χ3n) is 3.27. The molecule has 1 atom stereocenters. The van der Waals surface area contributed by atoms with Crippen molar-refractivity contribution in [3.63, 3.8) is 0 Å². The molecule has 1 unspecified atom stereocenters. The maximum absolute atomic E-state index is 11.9. The van der Waals surface area contributed by atoms with Crippen molar-refractivity contribution in [2.45, 2.75) is 39.7 Å². The first-order valence-electron chi connectivity index (χ1n) is 9.17. The number of nitrogens with one attached hydrogen (secondary N) is 1. The normalized spacial score (nSPS) is 13.9. The van der Waals surface area contributed by atoms with E-state index in [4.69, 9.17) is 20.3 Å². The van der Waals surface area contributed by atoms with Gasteiger partial charge in [0.1, 0.15) is 5.76 Å². The van der Waals surface area contributed by atoms with Crippen molar-refractivity contribution in [2.75, 3.05) is 13.2 Å². The summed E-state index contributed by atoms with van der Waals surface area (Å²) in [6, 6.07) is 7.13. The number of hydrogen-bond acceptors (Lipinski definition) is 5. The molecule has 0 heterocycles. The lowest BCUT2D eigenvalue weighted by Crippen LogP contribution is -2.37. The van der Waals surface area contributed by atoms with E-state index in [1.807, 2.05) is 18.2 Å². The Kier molecular flexibility index (Phi) is 10.4. The summed E-state index contributed by atoms with van der Waals surface area (Å²) >= 11 is 0. The topological polar surface area (TPSA) is 93.8 Å². The highest BCUT2D eigenvalue weighted by Gasteiger charge is 2.16. The standard InChI is InChI=1S/C18H22N2O4.C3H8/c1-13(18(22)20-11-12-21)23-16-7-2-3-8-17(16)24-15-6-4-5-14(19)9-10-15;1-3-2/h2-3,5-10,13,21H,4,11-12,19H2,1H3,(H,20,22);3H2,1-2H3. The third-order valence-corrected chi connectivity index (χ3v) is 3.27. The number of allylic oxidation sites excluding steroid dienone is 4. The van der Waals surface area contributed by atoms with Gasteiger partial charge in [0.25, 0.3) is 5.91 Å². The quantitative estimate of drug-likeness (QED) is 0.682. The zero-order valence-electron chi connectivity index (χ0n) is 16.3. The molecule has 1 aliphatic rings. The first-order valence-corrected chi connectivity index (χ1v) is 9.17. The summed E-state index contributed by atoms with van der Waals surface area (Å²) in [7, 11) is 0. The number of ether oxygens (including phenoxy) is 2. The third kappa shape index (κ3) is 8.46. The van der Waals surface area contributed by atoms with E-state index in [0.29, 0.717) is 29.4 Å². The average Bonchev–Trinajstić information content (AvgIpc) is 2.86. The number of aliphatic hydroxyl groups is 1. The average molecular weight is 374 g/mol. The van der Waals surface area contributed by atoms with E-state index >= 15 is 0 Å². The molecule has 0 fully saturated rings. The minimum atomic E-state index is -0.711. The van der Waals surface area contributed by atoms with Gasteiger partial charge in [0, 0.05) is 12.2 Å². The van der Waals surface area contributed by atoms with E-state index in [1.54, 1.807) is 37.3 Å². The fourth-order valence-electron chi connectivity index (χ4n) is 2.03. The summed E-state index contributed by atoms with van der Waals surface area (Å²) < 4.78 is 11.6. The van der Waals surface area contributed by atoms with Crippen molar-refractivity contribution in [3.05, 3.63) is 60.0 Å². The van der Waals surface area contributed by atoms with Crippen LogP contribution < -0.4 is 20.5 Å². The summed E-state index contributed by atoms with van der Waals surface area (Å²) in [5, 5.41) is 11.3. The molecule has 6 heteroatoms. The fraction of sp³-hybridized carbons (Fsp3) is 0.381. The van der Waals surface area contributed by atoms with Gasteiger partial charge >= 0.3 is 0 Å². The minimum absolute atomic E-state index is 0.115. The fourth-order valence-corrected chi connectivity index (χ4v) is 2.03. The summed E-state index contributed by atoms with van der Waals surface area (Å²) in [6.07, 6.45) is 8.57. The summed E-state index contributed by atoms with van der Waals surface area (Å²) in [6.45, 7) is 5.96. The highest BCUT2D eigenvalue weighted by molar-refractivity contribution is 5.80.